The smallest absolute Gasteiger partial charge is 0.326 e. The van der Waals surface area contributed by atoms with Crippen LogP contribution in [0.1, 0.15) is 10.4 Å². The van der Waals surface area contributed by atoms with Crippen LogP contribution in [-0.2, 0) is 0 Å². The Hall–Kier alpha value is -1.95. The minimum absolute atomic E-state index is 0.0223. The number of urea groups is 1. The van der Waals surface area contributed by atoms with Crippen LogP contribution in [0.4, 0.5) is 10.5 Å². The Morgan fingerprint density at radius 1 is 1.04 bits per heavy atom. The molecule has 3 amide bonds. The van der Waals surface area contributed by atoms with Crippen LogP contribution in [0.25, 0.3) is 0 Å². The van der Waals surface area contributed by atoms with Gasteiger partial charge in [0.25, 0.3) is 5.91 Å². The maximum atomic E-state index is 12.1. The first-order chi connectivity index (χ1) is 10.9. The highest BCUT2D eigenvalue weighted by atomic mass is 35.5. The van der Waals surface area contributed by atoms with Gasteiger partial charge in [-0.1, -0.05) is 40.9 Å². The molecular weight excluding hydrogens is 363 g/mol. The van der Waals surface area contributed by atoms with Crippen LogP contribution in [0.2, 0.25) is 15.1 Å². The number of amides is 3. The van der Waals surface area contributed by atoms with Crippen molar-refractivity contribution in [1.82, 2.24) is 5.32 Å². The van der Waals surface area contributed by atoms with E-state index in [1.54, 1.807) is 18.2 Å². The van der Waals surface area contributed by atoms with Gasteiger partial charge >= 0.3 is 6.03 Å². The van der Waals surface area contributed by atoms with Gasteiger partial charge in [0.1, 0.15) is 5.75 Å². The lowest BCUT2D eigenvalue weighted by molar-refractivity contribution is 0.0967. The summed E-state index contributed by atoms with van der Waals surface area (Å²) in [5.41, 5.74) is 0.376. The number of carbonyl (C=O) groups excluding carboxylic acids is 2. The molecule has 0 unspecified atom stereocenters. The van der Waals surface area contributed by atoms with Gasteiger partial charge in [-0.25, -0.2) is 4.79 Å². The lowest BCUT2D eigenvalue weighted by Crippen LogP contribution is -2.34. The Morgan fingerprint density at radius 2 is 1.70 bits per heavy atom. The normalized spacial score (nSPS) is 10.1. The first kappa shape index (κ1) is 17.4. The molecule has 0 saturated heterocycles. The third-order valence-corrected chi connectivity index (χ3v) is 3.69. The topological polar surface area (TPSA) is 67.4 Å². The Balaban J connectivity index is 2.12. The van der Waals surface area contributed by atoms with Crippen molar-refractivity contribution in [2.45, 2.75) is 0 Å². The number of hydrogen-bond acceptors (Lipinski definition) is 3. The molecule has 8 heteroatoms. The molecule has 0 fully saturated rings. The van der Waals surface area contributed by atoms with Crippen molar-refractivity contribution in [2.24, 2.45) is 0 Å². The van der Waals surface area contributed by atoms with Gasteiger partial charge in [-0.15, -0.1) is 0 Å². The maximum Gasteiger partial charge on any atom is 0.326 e. The summed E-state index contributed by atoms with van der Waals surface area (Å²) < 4.78 is 5.10. The average Bonchev–Trinajstić information content (AvgIpc) is 2.48. The Kier molecular flexibility index (Phi) is 5.71. The fourth-order valence-corrected chi connectivity index (χ4v) is 2.53. The van der Waals surface area contributed by atoms with E-state index in [2.05, 4.69) is 10.6 Å². The molecule has 0 heterocycles. The lowest BCUT2D eigenvalue weighted by atomic mass is 10.2. The van der Waals surface area contributed by atoms with Crippen molar-refractivity contribution in [3.8, 4) is 5.75 Å². The van der Waals surface area contributed by atoms with Crippen LogP contribution in [-0.4, -0.2) is 19.0 Å². The summed E-state index contributed by atoms with van der Waals surface area (Å²) in [7, 11) is 1.43. The van der Waals surface area contributed by atoms with Crippen molar-refractivity contribution in [1.29, 1.82) is 0 Å². The summed E-state index contributed by atoms with van der Waals surface area (Å²) in [5, 5.41) is 5.37. The number of imide groups is 1. The van der Waals surface area contributed by atoms with Crippen LogP contribution in [0.5, 0.6) is 5.75 Å². The van der Waals surface area contributed by atoms with Gasteiger partial charge in [-0.3, -0.25) is 10.1 Å². The largest absolute Gasteiger partial charge is 0.495 e. The fourth-order valence-electron chi connectivity index (χ4n) is 1.80. The van der Waals surface area contributed by atoms with Gasteiger partial charge < -0.3 is 10.1 Å². The van der Waals surface area contributed by atoms with Gasteiger partial charge in [0, 0.05) is 11.1 Å². The molecule has 0 aromatic heterocycles. The molecular formula is C15H11Cl3N2O3. The van der Waals surface area contributed by atoms with E-state index in [9.17, 15) is 9.59 Å². The quantitative estimate of drug-likeness (QED) is 0.825. The number of halogens is 3. The molecule has 2 rings (SSSR count). The highest BCUT2D eigenvalue weighted by molar-refractivity contribution is 6.40. The van der Waals surface area contributed by atoms with Crippen LogP contribution < -0.4 is 15.4 Å². The first-order valence-electron chi connectivity index (χ1n) is 6.32. The summed E-state index contributed by atoms with van der Waals surface area (Å²) in [6, 6.07) is 8.50. The van der Waals surface area contributed by atoms with E-state index in [0.29, 0.717) is 16.5 Å². The average molecular weight is 374 g/mol. The number of ether oxygens (including phenoxy) is 1. The summed E-state index contributed by atoms with van der Waals surface area (Å²) in [5.74, 6) is -0.359. The predicted molar refractivity (Wildman–Crippen MR) is 91.0 cm³/mol. The minimum Gasteiger partial charge on any atom is -0.495 e. The zero-order chi connectivity index (χ0) is 17.0. The molecule has 2 aromatic rings. The molecule has 0 aliphatic rings. The van der Waals surface area contributed by atoms with Crippen LogP contribution >= 0.6 is 34.8 Å². The van der Waals surface area contributed by atoms with E-state index in [0.717, 1.165) is 0 Å². The van der Waals surface area contributed by atoms with Crippen molar-refractivity contribution < 1.29 is 14.3 Å². The molecule has 0 spiro atoms. The lowest BCUT2D eigenvalue weighted by Gasteiger charge is -2.11. The van der Waals surface area contributed by atoms with Crippen LogP contribution in [0, 0.1) is 0 Å². The molecule has 0 atom stereocenters. The molecule has 2 aromatic carbocycles. The van der Waals surface area contributed by atoms with E-state index in [-0.39, 0.29) is 15.6 Å². The number of nitrogens with one attached hydrogen (secondary N) is 2. The summed E-state index contributed by atoms with van der Waals surface area (Å²) in [6.07, 6.45) is 0. The second-order valence-corrected chi connectivity index (χ2v) is 5.60. The molecule has 23 heavy (non-hydrogen) atoms. The second-order valence-electron chi connectivity index (χ2n) is 4.35. The number of rotatable bonds is 3. The van der Waals surface area contributed by atoms with E-state index >= 15 is 0 Å². The predicted octanol–water partition coefficient (Wildman–Crippen LogP) is 4.62. The van der Waals surface area contributed by atoms with E-state index in [1.165, 1.54) is 25.3 Å². The van der Waals surface area contributed by atoms with Crippen molar-refractivity contribution in [2.75, 3.05) is 12.4 Å². The molecule has 0 saturated carbocycles. The number of carbonyl (C=O) groups is 2. The van der Waals surface area contributed by atoms with E-state index in [1.807, 2.05) is 0 Å². The number of hydrogen-bond donors (Lipinski definition) is 2. The number of anilines is 1. The van der Waals surface area contributed by atoms with Crippen molar-refractivity contribution >= 4 is 52.4 Å². The molecule has 0 radical (unpaired) electrons. The SMILES string of the molecule is COc1cc(Cl)ccc1NC(=O)NC(=O)c1c(Cl)cccc1Cl. The highest BCUT2D eigenvalue weighted by Crippen LogP contribution is 2.28. The van der Waals surface area contributed by atoms with Gasteiger partial charge in [0.15, 0.2) is 0 Å². The number of benzene rings is 2. The summed E-state index contributed by atoms with van der Waals surface area (Å²) in [4.78, 5) is 24.1. The van der Waals surface area contributed by atoms with E-state index in [4.69, 9.17) is 39.5 Å². The van der Waals surface area contributed by atoms with Crippen molar-refractivity contribution in [3.05, 3.63) is 57.0 Å². The third-order valence-electron chi connectivity index (χ3n) is 2.83. The van der Waals surface area contributed by atoms with Gasteiger partial charge in [0.2, 0.25) is 0 Å². The van der Waals surface area contributed by atoms with E-state index < -0.39 is 11.9 Å². The zero-order valence-corrected chi connectivity index (χ0v) is 14.1. The van der Waals surface area contributed by atoms with Crippen molar-refractivity contribution in [3.63, 3.8) is 0 Å². The summed E-state index contributed by atoms with van der Waals surface area (Å²) >= 11 is 17.7. The Labute approximate surface area is 147 Å². The highest BCUT2D eigenvalue weighted by Gasteiger charge is 2.17. The summed E-state index contributed by atoms with van der Waals surface area (Å²) in [6.45, 7) is 0. The monoisotopic (exact) mass is 372 g/mol. The zero-order valence-electron chi connectivity index (χ0n) is 11.8. The molecule has 0 aliphatic heterocycles. The number of methoxy groups -OCH3 is 1. The Morgan fingerprint density at radius 3 is 2.30 bits per heavy atom. The molecule has 0 aliphatic carbocycles. The van der Waals surface area contributed by atoms with Gasteiger partial charge in [0.05, 0.1) is 28.4 Å². The molecule has 120 valence electrons. The van der Waals surface area contributed by atoms with Crippen LogP contribution in [0.15, 0.2) is 36.4 Å². The first-order valence-corrected chi connectivity index (χ1v) is 7.45. The maximum absolute atomic E-state index is 12.1. The minimum atomic E-state index is -0.758. The second kappa shape index (κ2) is 7.55. The fraction of sp³-hybridized carbons (Fsp3) is 0.0667. The standard InChI is InChI=1S/C15H11Cl3N2O3/c1-23-12-7-8(16)5-6-11(12)19-15(22)20-14(21)13-9(17)3-2-4-10(13)18/h2-7H,1H3,(H2,19,20,21,22). The van der Waals surface area contributed by atoms with Gasteiger partial charge in [-0.05, 0) is 24.3 Å². The molecule has 5 nitrogen and oxygen atoms in total. The third kappa shape index (κ3) is 4.28. The van der Waals surface area contributed by atoms with Gasteiger partial charge in [-0.2, -0.15) is 0 Å². The molecule has 2 N–H and O–H groups in total. The Bertz CT molecular complexity index is 745. The van der Waals surface area contributed by atoms with Crippen LogP contribution in [0.3, 0.4) is 0 Å². The molecule has 0 bridgehead atoms.